The van der Waals surface area contributed by atoms with Gasteiger partial charge in [0.15, 0.2) is 5.13 Å². The molecule has 184 valence electrons. The fourth-order valence-corrected chi connectivity index (χ4v) is 8.50. The van der Waals surface area contributed by atoms with Gasteiger partial charge in [0.2, 0.25) is 5.91 Å². The zero-order chi connectivity index (χ0) is 24.6. The number of sulfonamides is 1. The van der Waals surface area contributed by atoms with Crippen LogP contribution in [0, 0.1) is 13.8 Å². The van der Waals surface area contributed by atoms with Crippen LogP contribution in [0.4, 0.5) is 5.13 Å². The Morgan fingerprint density at radius 1 is 1.18 bits per heavy atom. The van der Waals surface area contributed by atoms with Crippen LogP contribution in [0.3, 0.4) is 0 Å². The molecule has 1 aromatic carbocycles. The first-order valence-corrected chi connectivity index (χ1v) is 14.6. The van der Waals surface area contributed by atoms with Crippen molar-refractivity contribution in [1.29, 1.82) is 0 Å². The van der Waals surface area contributed by atoms with Gasteiger partial charge in [-0.05, 0) is 83.1 Å². The fraction of sp³-hybridized carbons (Fsp3) is 0.478. The largest absolute Gasteiger partial charge is 0.309 e. The van der Waals surface area contributed by atoms with E-state index in [0.29, 0.717) is 35.4 Å². The summed E-state index contributed by atoms with van der Waals surface area (Å²) in [5.74, 6) is -0.212. The van der Waals surface area contributed by atoms with Crippen LogP contribution in [0.1, 0.15) is 30.4 Å². The molecule has 1 saturated heterocycles. The molecule has 1 fully saturated rings. The number of hydrogen-bond acceptors (Lipinski definition) is 7. The van der Waals surface area contributed by atoms with Gasteiger partial charge in [0.05, 0.1) is 14.6 Å². The lowest BCUT2D eigenvalue weighted by molar-refractivity contribution is -0.121. The van der Waals surface area contributed by atoms with Crippen LogP contribution in [0.15, 0.2) is 28.5 Å². The van der Waals surface area contributed by atoms with Crippen molar-refractivity contribution >= 4 is 65.6 Å². The molecule has 0 radical (unpaired) electrons. The summed E-state index contributed by atoms with van der Waals surface area (Å²) in [6.07, 6.45) is 1.88. The molecule has 11 heteroatoms. The molecule has 1 amide bonds. The monoisotopic (exact) mass is 540 g/mol. The molecule has 2 aromatic heterocycles. The summed E-state index contributed by atoms with van der Waals surface area (Å²) in [7, 11) is 0.183. The van der Waals surface area contributed by atoms with Gasteiger partial charge in [-0.1, -0.05) is 29.0 Å². The molecule has 1 unspecified atom stereocenters. The highest BCUT2D eigenvalue weighted by Crippen LogP contribution is 2.36. The molecule has 0 spiro atoms. The van der Waals surface area contributed by atoms with E-state index >= 15 is 0 Å². The van der Waals surface area contributed by atoms with Gasteiger partial charge in [-0.15, -0.1) is 11.3 Å². The van der Waals surface area contributed by atoms with Crippen molar-refractivity contribution in [2.45, 2.75) is 43.4 Å². The Hall–Kier alpha value is -1.56. The number of rotatable bonds is 8. The number of hydrogen-bond donors (Lipinski definition) is 0. The minimum absolute atomic E-state index is 0.169. The third kappa shape index (κ3) is 5.03. The van der Waals surface area contributed by atoms with E-state index in [4.69, 9.17) is 16.6 Å². The van der Waals surface area contributed by atoms with Crippen LogP contribution in [0.25, 0.3) is 10.2 Å². The first kappa shape index (κ1) is 25.5. The number of carbonyl (C=O) groups is 1. The number of aromatic nitrogens is 1. The number of anilines is 1. The van der Waals surface area contributed by atoms with Crippen LogP contribution < -0.4 is 4.90 Å². The van der Waals surface area contributed by atoms with Crippen LogP contribution in [-0.2, 0) is 14.8 Å². The van der Waals surface area contributed by atoms with E-state index in [0.717, 1.165) is 45.6 Å². The smallest absolute Gasteiger partial charge is 0.253 e. The van der Waals surface area contributed by atoms with E-state index in [1.165, 1.54) is 21.7 Å². The lowest BCUT2D eigenvalue weighted by Crippen LogP contribution is -2.48. The highest BCUT2D eigenvalue weighted by Gasteiger charge is 2.42. The Bertz CT molecular complexity index is 1300. The van der Waals surface area contributed by atoms with Crippen LogP contribution in [0.5, 0.6) is 0 Å². The maximum atomic E-state index is 13.9. The molecular formula is C23H29ClN4O3S3. The maximum absolute atomic E-state index is 13.9. The van der Waals surface area contributed by atoms with E-state index in [9.17, 15) is 13.2 Å². The Morgan fingerprint density at radius 3 is 2.62 bits per heavy atom. The summed E-state index contributed by atoms with van der Waals surface area (Å²) in [5.41, 5.74) is 3.15. The van der Waals surface area contributed by atoms with Gasteiger partial charge in [0, 0.05) is 13.1 Å². The first-order valence-electron chi connectivity index (χ1n) is 11.2. The summed E-state index contributed by atoms with van der Waals surface area (Å²) in [4.78, 5) is 22.5. The number of halogens is 1. The zero-order valence-electron chi connectivity index (χ0n) is 19.7. The third-order valence-corrected chi connectivity index (χ3v) is 10.8. The van der Waals surface area contributed by atoms with E-state index in [2.05, 4.69) is 11.0 Å². The Morgan fingerprint density at radius 2 is 1.94 bits per heavy atom. The molecule has 4 rings (SSSR count). The van der Waals surface area contributed by atoms with Crippen molar-refractivity contribution < 1.29 is 13.2 Å². The van der Waals surface area contributed by atoms with Crippen molar-refractivity contribution in [2.24, 2.45) is 0 Å². The van der Waals surface area contributed by atoms with Crippen LogP contribution >= 0.6 is 34.3 Å². The molecule has 1 aliphatic heterocycles. The van der Waals surface area contributed by atoms with Gasteiger partial charge in [-0.25, -0.2) is 13.4 Å². The van der Waals surface area contributed by atoms with Crippen molar-refractivity contribution in [1.82, 2.24) is 14.2 Å². The summed E-state index contributed by atoms with van der Waals surface area (Å²) < 4.78 is 29.6. The van der Waals surface area contributed by atoms with Gasteiger partial charge < -0.3 is 4.90 Å². The van der Waals surface area contributed by atoms with Crippen molar-refractivity contribution in [3.05, 3.63) is 39.7 Å². The Kier molecular flexibility index (Phi) is 7.66. The predicted octanol–water partition coefficient (Wildman–Crippen LogP) is 4.77. The minimum Gasteiger partial charge on any atom is -0.309 e. The molecule has 1 aliphatic rings. The number of fused-ring (bicyclic) bond motifs is 1. The Labute approximate surface area is 214 Å². The molecule has 0 bridgehead atoms. The van der Waals surface area contributed by atoms with Crippen molar-refractivity contribution in [3.63, 3.8) is 0 Å². The SMILES string of the molecule is Cc1ccc2sc(N(CCCN(C)C)C(=O)C3CCCN3S(=O)(=O)c3ccc(Cl)s3)nc2c1C. The van der Waals surface area contributed by atoms with Gasteiger partial charge in [-0.3, -0.25) is 9.69 Å². The lowest BCUT2D eigenvalue weighted by atomic mass is 10.1. The fourth-order valence-electron chi connectivity index (χ4n) is 4.18. The molecule has 7 nitrogen and oxygen atoms in total. The lowest BCUT2D eigenvalue weighted by Gasteiger charge is -2.28. The molecule has 0 aliphatic carbocycles. The molecule has 3 aromatic rings. The van der Waals surface area contributed by atoms with E-state index < -0.39 is 16.1 Å². The number of benzene rings is 1. The number of aryl methyl sites for hydroxylation is 2. The summed E-state index contributed by atoms with van der Waals surface area (Å²) in [6, 6.07) is 6.43. The first-order chi connectivity index (χ1) is 16.1. The molecule has 0 N–H and O–H groups in total. The van der Waals surface area contributed by atoms with E-state index in [1.807, 2.05) is 34.0 Å². The van der Waals surface area contributed by atoms with Gasteiger partial charge in [0.25, 0.3) is 10.0 Å². The molecule has 0 saturated carbocycles. The quantitative estimate of drug-likeness (QED) is 0.411. The standard InChI is InChI=1S/C23H29ClN4O3S3/c1-15-8-9-18-21(16(15)2)25-23(32-18)27(13-6-12-26(3)4)22(29)17-7-5-14-28(17)34(30,31)20-11-10-19(24)33-20/h8-11,17H,5-7,12-14H2,1-4H3. The summed E-state index contributed by atoms with van der Waals surface area (Å²) in [6.45, 7) is 5.69. The second-order valence-corrected chi connectivity index (χ2v) is 13.7. The average Bonchev–Trinajstić information content (AvgIpc) is 3.53. The van der Waals surface area contributed by atoms with Gasteiger partial charge in [-0.2, -0.15) is 4.31 Å². The minimum atomic E-state index is -3.80. The molecule has 3 heterocycles. The van der Waals surface area contributed by atoms with E-state index in [-0.39, 0.29) is 10.1 Å². The van der Waals surface area contributed by atoms with Crippen molar-refractivity contribution in [2.75, 3.05) is 38.6 Å². The highest BCUT2D eigenvalue weighted by atomic mass is 35.5. The maximum Gasteiger partial charge on any atom is 0.253 e. The Balaban J connectivity index is 1.68. The molecule has 34 heavy (non-hydrogen) atoms. The van der Waals surface area contributed by atoms with Crippen LogP contribution in [0.2, 0.25) is 4.34 Å². The number of nitrogens with zero attached hydrogens (tertiary/aromatic N) is 4. The zero-order valence-corrected chi connectivity index (χ0v) is 23.0. The number of thiophene rings is 1. The number of carbonyl (C=O) groups excluding carboxylic acids is 1. The van der Waals surface area contributed by atoms with Crippen molar-refractivity contribution in [3.8, 4) is 0 Å². The number of thiazole rings is 1. The second kappa shape index (κ2) is 10.2. The summed E-state index contributed by atoms with van der Waals surface area (Å²) in [5, 5.41) is 0.621. The predicted molar refractivity (Wildman–Crippen MR) is 141 cm³/mol. The van der Waals surface area contributed by atoms with Crippen LogP contribution in [-0.4, -0.2) is 68.3 Å². The highest BCUT2D eigenvalue weighted by molar-refractivity contribution is 7.91. The van der Waals surface area contributed by atoms with Gasteiger partial charge in [0.1, 0.15) is 10.3 Å². The summed E-state index contributed by atoms with van der Waals surface area (Å²) >= 11 is 8.50. The molecule has 1 atom stereocenters. The average molecular weight is 541 g/mol. The van der Waals surface area contributed by atoms with Gasteiger partial charge >= 0.3 is 0 Å². The van der Waals surface area contributed by atoms with E-state index in [1.54, 1.807) is 11.0 Å². The topological polar surface area (TPSA) is 73.8 Å². The second-order valence-electron chi connectivity index (χ2n) is 8.83. The molecular weight excluding hydrogens is 512 g/mol. The third-order valence-electron chi connectivity index (χ3n) is 6.16. The number of amides is 1. The normalized spacial score (nSPS) is 17.2.